The van der Waals surface area contributed by atoms with Crippen LogP contribution in [0, 0.1) is 11.8 Å². The summed E-state index contributed by atoms with van der Waals surface area (Å²) in [6.45, 7) is 1.67. The first-order chi connectivity index (χ1) is 20.8. The predicted octanol–water partition coefficient (Wildman–Crippen LogP) is 2.13. The monoisotopic (exact) mass is 598 g/mol. The van der Waals surface area contributed by atoms with Crippen molar-refractivity contribution in [1.29, 1.82) is 0 Å². The van der Waals surface area contributed by atoms with Crippen molar-refractivity contribution in [2.45, 2.75) is 30.6 Å². The molecule has 0 bridgehead atoms. The van der Waals surface area contributed by atoms with E-state index in [-0.39, 0.29) is 16.9 Å². The van der Waals surface area contributed by atoms with Crippen molar-refractivity contribution in [3.8, 4) is 16.9 Å². The second kappa shape index (κ2) is 9.84. The third-order valence-electron chi connectivity index (χ3n) is 9.50. The quantitative estimate of drug-likeness (QED) is 0.191. The maximum atomic E-state index is 14.2. The van der Waals surface area contributed by atoms with Crippen LogP contribution in [0.2, 0.25) is 0 Å². The molecule has 0 unspecified atom stereocenters. The van der Waals surface area contributed by atoms with Crippen molar-refractivity contribution in [3.05, 3.63) is 82.1 Å². The van der Waals surface area contributed by atoms with Gasteiger partial charge in [0.25, 0.3) is 5.91 Å². The molecule has 11 nitrogen and oxygen atoms in total. The first kappa shape index (κ1) is 29.2. The van der Waals surface area contributed by atoms with Gasteiger partial charge in [-0.1, -0.05) is 55.5 Å². The Morgan fingerprint density at radius 2 is 1.61 bits per heavy atom. The average Bonchev–Trinajstić information content (AvgIpc) is 2.98. The summed E-state index contributed by atoms with van der Waals surface area (Å²) in [6.07, 6.45) is -0.949. The lowest BCUT2D eigenvalue weighted by Gasteiger charge is -2.53. The van der Waals surface area contributed by atoms with Gasteiger partial charge in [0.1, 0.15) is 22.8 Å². The van der Waals surface area contributed by atoms with E-state index in [0.29, 0.717) is 27.5 Å². The Hall–Kier alpha value is -4.84. The number of nitrogens with zero attached hydrogens (tertiary/aromatic N) is 1. The zero-order valence-electron chi connectivity index (χ0n) is 24.0. The molecule has 0 heterocycles. The SMILES string of the molecule is C[C@@H]1c2ccc(-c3ccc(C=O)c4ccccc34)c(O)c2C(O)=C2C(=O)[C@@]3(O)C(O)=C(C(N)=O)C(=O)[C@H](N(C)C)[C@H]3[C@H](O)[C@H]21. The molecule has 0 aromatic heterocycles. The minimum Gasteiger partial charge on any atom is -0.508 e. The van der Waals surface area contributed by atoms with E-state index in [9.17, 15) is 44.7 Å². The van der Waals surface area contributed by atoms with E-state index in [0.717, 1.165) is 6.29 Å². The van der Waals surface area contributed by atoms with E-state index < -0.39 is 75.6 Å². The van der Waals surface area contributed by atoms with E-state index >= 15 is 0 Å². The van der Waals surface area contributed by atoms with Gasteiger partial charge >= 0.3 is 0 Å². The molecule has 226 valence electrons. The molecule has 11 heteroatoms. The molecule has 0 aliphatic heterocycles. The van der Waals surface area contributed by atoms with Crippen LogP contribution in [0.25, 0.3) is 27.7 Å². The molecule has 0 saturated heterocycles. The Balaban J connectivity index is 1.61. The molecular formula is C33H30N2O9. The summed E-state index contributed by atoms with van der Waals surface area (Å²) < 4.78 is 0. The van der Waals surface area contributed by atoms with Gasteiger partial charge in [0.2, 0.25) is 5.78 Å². The van der Waals surface area contributed by atoms with Gasteiger partial charge in [-0.05, 0) is 41.9 Å². The number of carbonyl (C=O) groups is 4. The van der Waals surface area contributed by atoms with Crippen LogP contribution in [0.5, 0.6) is 5.75 Å². The molecule has 3 aromatic carbocycles. The fourth-order valence-electron chi connectivity index (χ4n) is 7.49. The Labute approximate surface area is 251 Å². The summed E-state index contributed by atoms with van der Waals surface area (Å²) in [6, 6.07) is 12.2. The number of carbonyl (C=O) groups excluding carboxylic acids is 4. The Bertz CT molecular complexity index is 1890. The number of aldehydes is 1. The second-order valence-corrected chi connectivity index (χ2v) is 11.8. The van der Waals surface area contributed by atoms with Gasteiger partial charge in [0.15, 0.2) is 17.7 Å². The maximum absolute atomic E-state index is 14.2. The van der Waals surface area contributed by atoms with Gasteiger partial charge in [-0.15, -0.1) is 0 Å². The topological polar surface area (TPSA) is 199 Å². The van der Waals surface area contributed by atoms with Gasteiger partial charge in [0.05, 0.1) is 23.6 Å². The van der Waals surface area contributed by atoms with Gasteiger partial charge < -0.3 is 31.3 Å². The number of hydrogen-bond acceptors (Lipinski definition) is 10. The van der Waals surface area contributed by atoms with E-state index in [2.05, 4.69) is 0 Å². The Kier molecular flexibility index (Phi) is 6.54. The number of hydrogen-bond donors (Lipinski definition) is 6. The highest BCUT2D eigenvalue weighted by Gasteiger charge is 2.68. The molecule has 0 radical (unpaired) electrons. The molecule has 1 fully saturated rings. The van der Waals surface area contributed by atoms with E-state index in [1.807, 2.05) is 0 Å². The van der Waals surface area contributed by atoms with Crippen LogP contribution >= 0.6 is 0 Å². The molecule has 0 spiro atoms. The summed E-state index contributed by atoms with van der Waals surface area (Å²) in [4.78, 5) is 52.7. The number of benzene rings is 3. The number of aliphatic hydroxyl groups is 4. The number of nitrogens with two attached hydrogens (primary N) is 1. The van der Waals surface area contributed by atoms with Gasteiger partial charge in [-0.2, -0.15) is 0 Å². The number of aliphatic hydroxyl groups excluding tert-OH is 3. The number of primary amides is 1. The molecule has 3 aliphatic rings. The number of rotatable bonds is 4. The number of fused-ring (bicyclic) bond motifs is 4. The smallest absolute Gasteiger partial charge is 0.255 e. The van der Waals surface area contributed by atoms with E-state index in [1.54, 1.807) is 55.5 Å². The highest BCUT2D eigenvalue weighted by molar-refractivity contribution is 6.24. The molecule has 6 atom stereocenters. The molecule has 7 N–H and O–H groups in total. The number of likely N-dealkylation sites (N-methyl/N-ethyl adjacent to an activating group) is 1. The average molecular weight is 599 g/mol. The number of ketones is 2. The van der Waals surface area contributed by atoms with Gasteiger partial charge in [-0.3, -0.25) is 24.1 Å². The minimum absolute atomic E-state index is 0.109. The maximum Gasteiger partial charge on any atom is 0.255 e. The van der Waals surface area contributed by atoms with Crippen molar-refractivity contribution in [3.63, 3.8) is 0 Å². The zero-order chi connectivity index (χ0) is 32.0. The summed E-state index contributed by atoms with van der Waals surface area (Å²) in [5.41, 5.74) is 2.50. The summed E-state index contributed by atoms with van der Waals surface area (Å²) in [5.74, 6) is -9.47. The Morgan fingerprint density at radius 1 is 0.977 bits per heavy atom. The van der Waals surface area contributed by atoms with E-state index in [1.165, 1.54) is 19.0 Å². The molecule has 6 rings (SSSR count). The van der Waals surface area contributed by atoms with Crippen molar-refractivity contribution in [2.24, 2.45) is 17.6 Å². The van der Waals surface area contributed by atoms with Crippen molar-refractivity contribution in [2.75, 3.05) is 14.1 Å². The number of phenols is 1. The van der Waals surface area contributed by atoms with Crippen molar-refractivity contribution >= 4 is 40.3 Å². The zero-order valence-corrected chi connectivity index (χ0v) is 24.0. The van der Waals surface area contributed by atoms with Gasteiger partial charge in [0, 0.05) is 22.6 Å². The Morgan fingerprint density at radius 3 is 2.23 bits per heavy atom. The van der Waals surface area contributed by atoms with Crippen LogP contribution in [0.15, 0.2) is 65.4 Å². The van der Waals surface area contributed by atoms with E-state index in [4.69, 9.17) is 5.73 Å². The molecular weight excluding hydrogens is 568 g/mol. The number of amides is 1. The van der Waals surface area contributed by atoms with Crippen molar-refractivity contribution in [1.82, 2.24) is 4.90 Å². The lowest BCUT2D eigenvalue weighted by Crippen LogP contribution is -2.70. The first-order valence-corrected chi connectivity index (χ1v) is 13.9. The highest BCUT2D eigenvalue weighted by Crippen LogP contribution is 2.57. The summed E-state index contributed by atoms with van der Waals surface area (Å²) in [5, 5.41) is 59.3. The predicted molar refractivity (Wildman–Crippen MR) is 159 cm³/mol. The van der Waals surface area contributed by atoms with Crippen LogP contribution < -0.4 is 5.73 Å². The van der Waals surface area contributed by atoms with Crippen LogP contribution in [0.3, 0.4) is 0 Å². The highest BCUT2D eigenvalue weighted by atomic mass is 16.4. The number of phenolic OH excluding ortho intramolecular Hbond substituents is 1. The van der Waals surface area contributed by atoms with Crippen LogP contribution in [0.1, 0.15) is 34.3 Å². The lowest BCUT2D eigenvalue weighted by molar-refractivity contribution is -0.169. The number of aromatic hydroxyl groups is 1. The minimum atomic E-state index is -2.99. The second-order valence-electron chi connectivity index (χ2n) is 11.8. The third-order valence-corrected chi connectivity index (χ3v) is 9.50. The van der Waals surface area contributed by atoms with Crippen molar-refractivity contribution < 1.29 is 44.7 Å². The fourth-order valence-corrected chi connectivity index (χ4v) is 7.49. The molecule has 1 amide bonds. The third kappa shape index (κ3) is 3.60. The first-order valence-electron chi connectivity index (χ1n) is 13.9. The van der Waals surface area contributed by atoms with Crippen LogP contribution in [0.4, 0.5) is 0 Å². The van der Waals surface area contributed by atoms with Crippen LogP contribution in [-0.2, 0) is 14.4 Å². The van der Waals surface area contributed by atoms with Gasteiger partial charge in [-0.25, -0.2) is 0 Å². The standard InChI is InChI=1S/C33H30N2O9/c1-13-15-10-11-19(18-9-8-14(12-36)16-6-4-5-7-17(16)18)26(37)21(15)27(38)22-20(13)28(39)24-25(35(2)3)29(40)23(32(34)43)31(42)33(24,44)30(22)41/h4-13,20,24-25,28,37-39,42,44H,1-3H3,(H2,34,43)/t13-,20+,24+,25-,28-,33-/m1/s1. The normalized spacial score (nSPS) is 28.2. The summed E-state index contributed by atoms with van der Waals surface area (Å²) in [7, 11) is 2.91. The van der Waals surface area contributed by atoms with Crippen LogP contribution in [-0.4, -0.2) is 86.0 Å². The lowest BCUT2D eigenvalue weighted by atomic mass is 9.54. The molecule has 1 saturated carbocycles. The largest absolute Gasteiger partial charge is 0.508 e. The fraction of sp³-hybridized carbons (Fsp3) is 0.273. The molecule has 3 aromatic rings. The molecule has 3 aliphatic carbocycles. The molecule has 44 heavy (non-hydrogen) atoms. The number of Topliss-reactive ketones (excluding diaryl/α,β-unsaturated/α-hetero) is 2. The summed E-state index contributed by atoms with van der Waals surface area (Å²) >= 11 is 0.